The second-order valence-corrected chi connectivity index (χ2v) is 37.4. The summed E-state index contributed by atoms with van der Waals surface area (Å²) < 4.78 is 215. The van der Waals surface area contributed by atoms with E-state index in [2.05, 4.69) is 57.5 Å². The first-order chi connectivity index (χ1) is 66.9. The third-order valence-electron chi connectivity index (χ3n) is 26.1. The van der Waals surface area contributed by atoms with Crippen LogP contribution >= 0.6 is 0 Å². The molecule has 9 aliphatic rings. The van der Waals surface area contributed by atoms with Crippen LogP contribution in [0.1, 0.15) is 200 Å². The third-order valence-corrected chi connectivity index (χ3v) is 26.1. The fraction of sp³-hybridized carbons (Fsp3) is 0.538. The molecule has 9 heterocycles. The van der Waals surface area contributed by atoms with Gasteiger partial charge in [0.05, 0.1) is 37.7 Å². The molecule has 9 fully saturated rings. The second kappa shape index (κ2) is 53.0. The minimum atomic E-state index is -4.45. The number of hydrogen-bond donors (Lipinski definition) is 3. The van der Waals surface area contributed by atoms with Gasteiger partial charge in [-0.15, -0.1) is 4.91 Å². The number of benzene rings is 8. The van der Waals surface area contributed by atoms with Crippen molar-refractivity contribution < 1.29 is 120 Å². The van der Waals surface area contributed by atoms with Crippen molar-refractivity contribution in [1.82, 2.24) is 19.6 Å². The molecule has 8 aromatic rings. The number of fused-ring (bicyclic) bond motifs is 8. The first-order valence-corrected chi connectivity index (χ1v) is 48.0. The molecule has 0 spiro atoms. The van der Waals surface area contributed by atoms with E-state index in [1.54, 1.807) is 30.3 Å². The van der Waals surface area contributed by atoms with Crippen molar-refractivity contribution in [3.63, 3.8) is 0 Å². The molecule has 0 saturated carbocycles. The van der Waals surface area contributed by atoms with Crippen molar-refractivity contribution in [3.8, 4) is 40.2 Å². The molecule has 4 unspecified atom stereocenters. The van der Waals surface area contributed by atoms with E-state index >= 15 is 0 Å². The molecule has 8 bridgehead atoms. The molecule has 9 saturated heterocycles. The van der Waals surface area contributed by atoms with E-state index in [1.807, 2.05) is 82.3 Å². The highest BCUT2D eigenvalue weighted by molar-refractivity contribution is 5.43. The number of nitro groups is 2. The molecule has 776 valence electrons. The monoisotopic (exact) mass is 2000 g/mol. The van der Waals surface area contributed by atoms with E-state index in [0.29, 0.717) is 86.4 Å². The topological polar surface area (TPSA) is 278 Å². The summed E-state index contributed by atoms with van der Waals surface area (Å²) in [5.74, 6) is 1.95. The predicted molar refractivity (Wildman–Crippen MR) is 511 cm³/mol. The second-order valence-electron chi connectivity index (χ2n) is 37.4. The normalized spacial score (nSPS) is 24.2. The number of alkyl halides is 12. The maximum absolute atomic E-state index is 13.2. The van der Waals surface area contributed by atoms with Crippen LogP contribution in [0.5, 0.6) is 40.2 Å². The summed E-state index contributed by atoms with van der Waals surface area (Å²) in [6, 6.07) is 51.7. The van der Waals surface area contributed by atoms with Crippen LogP contribution in [-0.4, -0.2) is 190 Å². The number of hydrogen-bond acceptors (Lipinski definition) is 22. The lowest BCUT2D eigenvalue weighted by Crippen LogP contribution is -2.53. The molecule has 4 N–H and O–H groups in total. The van der Waals surface area contributed by atoms with Crippen molar-refractivity contribution in [2.45, 2.75) is 273 Å². The zero-order valence-corrected chi connectivity index (χ0v) is 81.2. The number of aliphatic hydroxyl groups excluding tert-OH is 1. The van der Waals surface area contributed by atoms with Gasteiger partial charge < -0.3 is 58.7 Å². The Morgan fingerprint density at radius 1 is 0.404 bits per heavy atom. The van der Waals surface area contributed by atoms with Crippen molar-refractivity contribution in [2.24, 2.45) is 11.3 Å². The van der Waals surface area contributed by atoms with Crippen LogP contribution < -0.4 is 38.9 Å². The zero-order chi connectivity index (χ0) is 103. The number of ether oxygens (including phenoxy) is 8. The lowest BCUT2D eigenvalue weighted by Gasteiger charge is -2.44. The lowest BCUT2D eigenvalue weighted by molar-refractivity contribution is -0.385. The van der Waals surface area contributed by atoms with Crippen molar-refractivity contribution in [1.29, 1.82) is 0 Å². The van der Waals surface area contributed by atoms with Gasteiger partial charge >= 0.3 is 24.7 Å². The molecule has 17 rings (SSSR count). The highest BCUT2D eigenvalue weighted by Crippen LogP contribution is 2.49. The molecule has 8 aromatic carbocycles. The number of anilines is 1. The van der Waals surface area contributed by atoms with E-state index in [0.717, 1.165) is 190 Å². The summed E-state index contributed by atoms with van der Waals surface area (Å²) in [5.41, 5.74) is 1.95. The largest absolute Gasteiger partial charge is 0.492 e. The number of para-hydroxylation sites is 5. The van der Waals surface area contributed by atoms with E-state index in [-0.39, 0.29) is 84.1 Å². The highest BCUT2D eigenvalue weighted by atomic mass is 19.4. The van der Waals surface area contributed by atoms with Gasteiger partial charge in [0.1, 0.15) is 95.9 Å². The van der Waals surface area contributed by atoms with Gasteiger partial charge in [0.2, 0.25) is 0 Å². The highest BCUT2D eigenvalue weighted by Gasteiger charge is 2.52. The Hall–Kier alpha value is -10.8. The molecule has 141 heavy (non-hydrogen) atoms. The third kappa shape index (κ3) is 35.0. The van der Waals surface area contributed by atoms with Crippen LogP contribution in [0.2, 0.25) is 0 Å². The SMILES string of the molecule is C1CCOC1.CC.CC(C)CCON=O.CC1(O)C[C@H]2CC[C@@H](C1)N2CCOc1ccccc1C(F)(F)F.CC1(Oc2ccc(N)cc2)C[C@H]2CC[C@@H](C1)N2CCOc1ccccc1C(F)(F)F.CC1(Oc2ccc([N+](=O)[O-])cc2)C[C@H]2CC[C@@H](C1)N2CCOc1ccccc1C(F)(F)F.CC1(Oc2ccccc2)C[C@H]2CC[C@@H](C1)N2CCOc1ccccc1C(F)(F)F.CO.O=[N+]([O-])c1ccc(F)cc1. The average molecular weight is 2000 g/mol. The summed E-state index contributed by atoms with van der Waals surface area (Å²) in [5, 5.41) is 40.3. The standard InChI is InChI=1S/C23H25F3N2O4.C23H27F3N2O2.C23H26F3NO2.C17H22F3NO2.C6H4FNO2.C5H11NO2.C4H8O.C2H6.CH4O/c1-22(32-19-10-8-16(9-11-19)28(29)30)14-17-6-7-18(15-22)27(17)12-13-31-21-5-3-2-4-20(21)23(24,25)26;1-22(30-19-10-6-16(27)7-11-19)14-17-8-9-18(15-22)28(17)12-13-29-21-5-3-2-4-20(21)23(24,25)26;1-22(29-19-7-3-2-4-8-19)15-17-11-12-18(16-22)27(17)13-14-28-21-10-6-5-9-20(21)23(24,25)26;1-16(22)10-12-6-7-13(11-16)21(12)8-9-23-15-5-3-2-4-14(15)17(18,19)20;7-5-1-3-6(4-2-5)8(9)10;1-5(2)3-4-8-6-7;1-2-4-5-3-1;2*1-2/h2-5,8-11,17-18H,6-7,12-15H2,1H3;2-7,10-11,17-18H,8-9,12-15,27H2,1H3;2-10,17-18H,11-16H2,1H3;2-5,12-13,22H,6-11H2,1H3;1-4H;5H,3-4H2,1-2H3;1-4H2;1-2H3;2H,1H3/t3*17-,18+,22?;12-,13+,16?;;;;;. The summed E-state index contributed by atoms with van der Waals surface area (Å²) in [4.78, 5) is 42.7. The van der Waals surface area contributed by atoms with E-state index < -0.39 is 73.8 Å². The summed E-state index contributed by atoms with van der Waals surface area (Å²) in [7, 11) is 1.00. The molecule has 9 aliphatic heterocycles. The average Bonchev–Trinajstić information content (AvgIpc) is 1.65. The summed E-state index contributed by atoms with van der Waals surface area (Å²) >= 11 is 0. The molecule has 24 nitrogen and oxygen atoms in total. The van der Waals surface area contributed by atoms with Gasteiger partial charge in [0.15, 0.2) is 5.34 Å². The Kier molecular flexibility index (Phi) is 42.7. The van der Waals surface area contributed by atoms with Crippen LogP contribution in [0.25, 0.3) is 0 Å². The molecule has 0 radical (unpaired) electrons. The Morgan fingerprint density at radius 2 is 0.660 bits per heavy atom. The molecule has 37 heteroatoms. The van der Waals surface area contributed by atoms with Crippen molar-refractivity contribution in [3.05, 3.63) is 253 Å². The molecule has 0 aromatic heterocycles. The number of halogens is 13. The summed E-state index contributed by atoms with van der Waals surface area (Å²) in [6.45, 7) is 22.1. The molecular weight excluding hydrogens is 1860 g/mol. The molecule has 0 aliphatic carbocycles. The number of piperidine rings is 4. The molecule has 12 atom stereocenters. The Labute approximate surface area is 815 Å². The van der Waals surface area contributed by atoms with Gasteiger partial charge in [-0.3, -0.25) is 39.8 Å². The fourth-order valence-electron chi connectivity index (χ4n) is 20.1. The van der Waals surface area contributed by atoms with Crippen molar-refractivity contribution >= 4 is 17.1 Å². The van der Waals surface area contributed by atoms with Gasteiger partial charge in [-0.1, -0.05) is 94.4 Å². The quantitative estimate of drug-likeness (QED) is 0.0103. The maximum atomic E-state index is 13.2. The van der Waals surface area contributed by atoms with E-state index in [9.17, 15) is 87.3 Å². The Morgan fingerprint density at radius 3 is 0.915 bits per heavy atom. The van der Waals surface area contributed by atoms with Crippen LogP contribution in [0.4, 0.5) is 74.1 Å². The first-order valence-electron chi connectivity index (χ1n) is 48.0. The smallest absolute Gasteiger partial charge is 0.419 e. The molecular formula is C104H133F13N8O16. The van der Waals surface area contributed by atoms with Crippen LogP contribution in [0, 0.1) is 36.9 Å². The van der Waals surface area contributed by atoms with Gasteiger partial charge in [0.25, 0.3) is 11.4 Å². The van der Waals surface area contributed by atoms with Crippen molar-refractivity contribution in [2.75, 3.05) is 85.3 Å². The van der Waals surface area contributed by atoms with Crippen LogP contribution in [0.3, 0.4) is 0 Å². The lowest BCUT2D eigenvalue weighted by atomic mass is 9.87. The first kappa shape index (κ1) is 114. The number of rotatable bonds is 28. The Bertz CT molecular complexity index is 5020. The van der Waals surface area contributed by atoms with Gasteiger partial charge in [-0.25, -0.2) is 4.39 Å². The number of nitrogen functional groups attached to an aromatic ring is 1. The predicted octanol–water partition coefficient (Wildman–Crippen LogP) is 24.5. The number of aliphatic hydroxyl groups is 2. The van der Waals surface area contributed by atoms with E-state index in [4.69, 9.17) is 48.7 Å². The number of nitrogens with two attached hydrogens (primary N) is 1. The summed E-state index contributed by atoms with van der Waals surface area (Å²) in [6.07, 6.45) is 0.803. The number of non-ortho nitro benzene ring substituents is 2. The minimum Gasteiger partial charge on any atom is -0.492 e. The van der Waals surface area contributed by atoms with Gasteiger partial charge in [-0.2, -0.15) is 52.7 Å². The maximum Gasteiger partial charge on any atom is 0.419 e. The fourth-order valence-corrected chi connectivity index (χ4v) is 20.1. The number of nitrogens with zero attached hydrogens (tertiary/aromatic N) is 7. The van der Waals surface area contributed by atoms with E-state index in [1.165, 1.54) is 79.6 Å². The molecule has 0 amide bonds. The minimum absolute atomic E-state index is 0.0180. The van der Waals surface area contributed by atoms with Gasteiger partial charge in [-0.05, 0) is 226 Å². The van der Waals surface area contributed by atoms with Crippen LogP contribution in [0.15, 0.2) is 206 Å². The van der Waals surface area contributed by atoms with Gasteiger partial charge in [0, 0.05) is 163 Å². The zero-order valence-electron chi connectivity index (χ0n) is 81.2. The van der Waals surface area contributed by atoms with Crippen LogP contribution in [-0.2, 0) is 34.3 Å². The number of nitro benzene ring substituents is 2. The Balaban J connectivity index is 0.000000193.